The highest BCUT2D eigenvalue weighted by atomic mass is 16.5. The molecule has 1 aromatic carbocycles. The Balaban J connectivity index is 1.06. The first kappa shape index (κ1) is 26.6. The molecule has 2 fully saturated rings. The zero-order chi connectivity index (χ0) is 28.0. The number of carbonyl (C=O) groups excluding carboxylic acids is 1. The number of esters is 1. The predicted octanol–water partition coefficient (Wildman–Crippen LogP) is 4.10. The Kier molecular flexibility index (Phi) is 7.94. The van der Waals surface area contributed by atoms with Crippen molar-refractivity contribution < 1.29 is 9.53 Å². The van der Waals surface area contributed by atoms with Gasteiger partial charge in [0.2, 0.25) is 5.95 Å². The fourth-order valence-electron chi connectivity index (χ4n) is 4.91. The van der Waals surface area contributed by atoms with Crippen molar-refractivity contribution in [1.82, 2.24) is 30.2 Å². The molecule has 2 aliphatic rings. The lowest BCUT2D eigenvalue weighted by atomic mass is 9.97. The number of aromatic nitrogens is 5. The standard InChI is InChI=1S/C30H33N9O2/c1-20-4-2-6-25(34-20)28-32-13-11-26(37-28)36-27-12-14-33-30(38-27)35-23-7-9-24(10-8-23)39-15-3-5-22(18-39)29(40)41-19-21-16-31-17-21/h2,4,6-14,21-22,31H,3,5,15-19H2,1H3,(H2,32,33,35,36,37,38). The van der Waals surface area contributed by atoms with Crippen LogP contribution in [0.5, 0.6) is 0 Å². The Morgan fingerprint density at radius 3 is 2.56 bits per heavy atom. The molecule has 6 rings (SSSR count). The minimum absolute atomic E-state index is 0.0736. The molecule has 0 aliphatic carbocycles. The second-order valence-corrected chi connectivity index (χ2v) is 10.4. The van der Waals surface area contributed by atoms with Crippen molar-refractivity contribution >= 4 is 34.9 Å². The third kappa shape index (κ3) is 6.75. The molecule has 4 aromatic rings. The van der Waals surface area contributed by atoms with E-state index < -0.39 is 0 Å². The van der Waals surface area contributed by atoms with Gasteiger partial charge in [0.05, 0.1) is 12.5 Å². The van der Waals surface area contributed by atoms with E-state index in [0.717, 1.165) is 49.5 Å². The van der Waals surface area contributed by atoms with Crippen LogP contribution < -0.4 is 20.9 Å². The van der Waals surface area contributed by atoms with Crippen LogP contribution in [0.1, 0.15) is 18.5 Å². The van der Waals surface area contributed by atoms with Gasteiger partial charge in [0, 0.05) is 61.6 Å². The van der Waals surface area contributed by atoms with Gasteiger partial charge in [0.15, 0.2) is 5.82 Å². The average molecular weight is 552 g/mol. The van der Waals surface area contributed by atoms with E-state index in [1.165, 1.54) is 0 Å². The fourth-order valence-corrected chi connectivity index (χ4v) is 4.91. The maximum atomic E-state index is 12.6. The van der Waals surface area contributed by atoms with Gasteiger partial charge in [-0.3, -0.25) is 4.79 Å². The largest absolute Gasteiger partial charge is 0.465 e. The summed E-state index contributed by atoms with van der Waals surface area (Å²) in [7, 11) is 0. The number of pyridine rings is 1. The monoisotopic (exact) mass is 551 g/mol. The number of nitrogens with one attached hydrogen (secondary N) is 3. The lowest BCUT2D eigenvalue weighted by Crippen LogP contribution is -2.46. The van der Waals surface area contributed by atoms with Crippen molar-refractivity contribution in [2.45, 2.75) is 19.8 Å². The third-order valence-corrected chi connectivity index (χ3v) is 7.26. The lowest BCUT2D eigenvalue weighted by Gasteiger charge is -2.34. The van der Waals surface area contributed by atoms with E-state index in [1.807, 2.05) is 37.3 Å². The first-order valence-corrected chi connectivity index (χ1v) is 14.0. The smallest absolute Gasteiger partial charge is 0.310 e. The van der Waals surface area contributed by atoms with Gasteiger partial charge in [-0.25, -0.2) is 19.9 Å². The molecule has 2 saturated heterocycles. The number of anilines is 5. The summed E-state index contributed by atoms with van der Waals surface area (Å²) in [6.07, 6.45) is 5.22. The van der Waals surface area contributed by atoms with Crippen LogP contribution >= 0.6 is 0 Å². The topological polar surface area (TPSA) is 130 Å². The Labute approximate surface area is 238 Å². The molecule has 0 amide bonds. The van der Waals surface area contributed by atoms with Crippen molar-refractivity contribution in [1.29, 1.82) is 0 Å². The average Bonchev–Trinajstić information content (AvgIpc) is 2.97. The molecule has 11 heteroatoms. The van der Waals surface area contributed by atoms with Gasteiger partial charge in [-0.2, -0.15) is 4.98 Å². The quantitative estimate of drug-likeness (QED) is 0.260. The summed E-state index contributed by atoms with van der Waals surface area (Å²) >= 11 is 0. The first-order chi connectivity index (χ1) is 20.1. The number of ether oxygens (including phenoxy) is 1. The molecule has 1 atom stereocenters. The highest BCUT2D eigenvalue weighted by Crippen LogP contribution is 2.26. The van der Waals surface area contributed by atoms with Crippen LogP contribution in [-0.2, 0) is 9.53 Å². The molecule has 3 aromatic heterocycles. The Bertz CT molecular complexity index is 1490. The van der Waals surface area contributed by atoms with Crippen LogP contribution in [0.25, 0.3) is 11.5 Å². The number of hydrogen-bond donors (Lipinski definition) is 3. The molecule has 0 spiro atoms. The van der Waals surface area contributed by atoms with E-state index in [1.54, 1.807) is 24.5 Å². The second kappa shape index (κ2) is 12.3. The molecule has 0 saturated carbocycles. The van der Waals surface area contributed by atoms with Crippen molar-refractivity contribution in [3.8, 4) is 11.5 Å². The molecule has 5 heterocycles. The molecular formula is C30H33N9O2. The van der Waals surface area contributed by atoms with E-state index >= 15 is 0 Å². The summed E-state index contributed by atoms with van der Waals surface area (Å²) < 4.78 is 5.59. The van der Waals surface area contributed by atoms with E-state index in [9.17, 15) is 4.79 Å². The van der Waals surface area contributed by atoms with Crippen LogP contribution in [0.2, 0.25) is 0 Å². The molecule has 11 nitrogen and oxygen atoms in total. The summed E-state index contributed by atoms with van der Waals surface area (Å²) in [6.45, 7) is 5.93. The summed E-state index contributed by atoms with van der Waals surface area (Å²) in [5, 5.41) is 9.70. The van der Waals surface area contributed by atoms with Gasteiger partial charge in [-0.05, 0) is 68.3 Å². The van der Waals surface area contributed by atoms with Gasteiger partial charge < -0.3 is 25.6 Å². The number of piperidine rings is 1. The van der Waals surface area contributed by atoms with Crippen molar-refractivity contribution in [2.75, 3.05) is 48.3 Å². The first-order valence-electron chi connectivity index (χ1n) is 14.0. The molecule has 210 valence electrons. The number of benzene rings is 1. The van der Waals surface area contributed by atoms with Crippen LogP contribution in [-0.4, -0.2) is 63.7 Å². The maximum absolute atomic E-state index is 12.6. The molecule has 1 unspecified atom stereocenters. The molecule has 0 bridgehead atoms. The zero-order valence-corrected chi connectivity index (χ0v) is 23.0. The maximum Gasteiger partial charge on any atom is 0.310 e. The van der Waals surface area contributed by atoms with Gasteiger partial charge in [0.1, 0.15) is 17.3 Å². The molecular weight excluding hydrogens is 518 g/mol. The number of carbonyl (C=O) groups is 1. The minimum Gasteiger partial charge on any atom is -0.465 e. The molecule has 3 N–H and O–H groups in total. The van der Waals surface area contributed by atoms with Gasteiger partial charge in [0.25, 0.3) is 0 Å². The van der Waals surface area contributed by atoms with Gasteiger partial charge in [-0.1, -0.05) is 6.07 Å². The van der Waals surface area contributed by atoms with Crippen LogP contribution in [0.3, 0.4) is 0 Å². The van der Waals surface area contributed by atoms with Crippen LogP contribution in [0, 0.1) is 18.8 Å². The van der Waals surface area contributed by atoms with E-state index in [2.05, 4.69) is 57.9 Å². The fraction of sp³-hybridized carbons (Fsp3) is 0.333. The highest BCUT2D eigenvalue weighted by molar-refractivity contribution is 5.74. The SMILES string of the molecule is Cc1cccc(-c2nccc(Nc3ccnc(Nc4ccc(N5CCCC(C(=O)OCC6CNC6)C5)cc4)n3)n2)n1. The third-order valence-electron chi connectivity index (χ3n) is 7.26. The number of nitrogens with zero attached hydrogens (tertiary/aromatic N) is 6. The van der Waals surface area contributed by atoms with Crippen molar-refractivity contribution in [2.24, 2.45) is 11.8 Å². The second-order valence-electron chi connectivity index (χ2n) is 10.4. The summed E-state index contributed by atoms with van der Waals surface area (Å²) in [5.41, 5.74) is 3.56. The number of rotatable bonds is 9. The predicted molar refractivity (Wildman–Crippen MR) is 157 cm³/mol. The van der Waals surface area contributed by atoms with Crippen LogP contribution in [0.4, 0.5) is 29.0 Å². The Morgan fingerprint density at radius 2 is 1.78 bits per heavy atom. The Morgan fingerprint density at radius 1 is 0.976 bits per heavy atom. The van der Waals surface area contributed by atoms with Gasteiger partial charge >= 0.3 is 5.97 Å². The minimum atomic E-state index is -0.0859. The number of hydrogen-bond acceptors (Lipinski definition) is 11. The summed E-state index contributed by atoms with van der Waals surface area (Å²) in [4.78, 5) is 37.3. The van der Waals surface area contributed by atoms with Gasteiger partial charge in [-0.15, -0.1) is 0 Å². The summed E-state index contributed by atoms with van der Waals surface area (Å²) in [5.74, 6) is 2.50. The Hall–Kier alpha value is -4.64. The van der Waals surface area contributed by atoms with Crippen molar-refractivity contribution in [3.63, 3.8) is 0 Å². The zero-order valence-electron chi connectivity index (χ0n) is 23.0. The van der Waals surface area contributed by atoms with Crippen LogP contribution in [0.15, 0.2) is 67.0 Å². The van der Waals surface area contributed by atoms with Crippen molar-refractivity contribution in [3.05, 3.63) is 72.7 Å². The summed E-state index contributed by atoms with van der Waals surface area (Å²) in [6, 6.07) is 17.4. The molecule has 41 heavy (non-hydrogen) atoms. The lowest BCUT2D eigenvalue weighted by molar-refractivity contribution is -0.150. The number of aryl methyl sites for hydroxylation is 1. The molecule has 2 aliphatic heterocycles. The van der Waals surface area contributed by atoms with E-state index in [4.69, 9.17) is 4.74 Å². The molecule has 0 radical (unpaired) electrons. The van der Waals surface area contributed by atoms with E-state index in [-0.39, 0.29) is 11.9 Å². The van der Waals surface area contributed by atoms with E-state index in [0.29, 0.717) is 48.2 Å². The highest BCUT2D eigenvalue weighted by Gasteiger charge is 2.28. The normalized spacial score (nSPS) is 17.0.